The summed E-state index contributed by atoms with van der Waals surface area (Å²) in [6.45, 7) is 5.05. The van der Waals surface area contributed by atoms with Crippen LogP contribution in [0.2, 0.25) is 0 Å². The Hall–Kier alpha value is -4.78. The first kappa shape index (κ1) is 24.6. The molecule has 0 saturated heterocycles. The monoisotopic (exact) mass is 515 g/mol. The minimum atomic E-state index is -0.392. The standard InChI is InChI=1S/C32H29N5O2/c1-21(2)23-13-11-22(12-14-23)19-36-30-28(31(38)35(3)32(36)39)29(25-15-17-33-18-16-25)37(34-30)20-26-9-6-8-24-7-4-5-10-27(24)26/h4-18,21H,19-20H2,1-3H3. The largest absolute Gasteiger partial charge is 0.332 e. The Morgan fingerprint density at radius 1 is 0.821 bits per heavy atom. The lowest BCUT2D eigenvalue weighted by molar-refractivity contribution is 0.652. The van der Waals surface area contributed by atoms with E-state index >= 15 is 0 Å². The molecule has 0 bridgehead atoms. The zero-order valence-corrected chi connectivity index (χ0v) is 22.2. The van der Waals surface area contributed by atoms with E-state index in [1.807, 2.05) is 47.1 Å². The van der Waals surface area contributed by atoms with E-state index in [0.29, 0.717) is 35.7 Å². The second kappa shape index (κ2) is 9.83. The molecule has 0 aliphatic carbocycles. The molecule has 0 N–H and O–H groups in total. The number of fused-ring (bicyclic) bond motifs is 2. The molecule has 6 rings (SSSR count). The Labute approximate surface area is 225 Å². The van der Waals surface area contributed by atoms with Gasteiger partial charge in [-0.15, -0.1) is 0 Å². The van der Waals surface area contributed by atoms with Gasteiger partial charge in [0.2, 0.25) is 0 Å². The van der Waals surface area contributed by atoms with Crippen LogP contribution < -0.4 is 11.2 Å². The molecule has 0 aliphatic heterocycles. The molecule has 3 aromatic heterocycles. The Morgan fingerprint density at radius 3 is 2.28 bits per heavy atom. The van der Waals surface area contributed by atoms with Gasteiger partial charge in [-0.05, 0) is 45.5 Å². The number of hydrogen-bond donors (Lipinski definition) is 0. The van der Waals surface area contributed by atoms with Gasteiger partial charge in [0.25, 0.3) is 5.56 Å². The highest BCUT2D eigenvalue weighted by molar-refractivity contribution is 5.91. The average molecular weight is 516 g/mol. The van der Waals surface area contributed by atoms with Crippen molar-refractivity contribution in [3.8, 4) is 11.3 Å². The Kier molecular flexibility index (Phi) is 6.19. The van der Waals surface area contributed by atoms with Crippen molar-refractivity contribution in [1.29, 1.82) is 0 Å². The fourth-order valence-electron chi connectivity index (χ4n) is 5.20. The van der Waals surface area contributed by atoms with Gasteiger partial charge in [-0.3, -0.25) is 23.6 Å². The van der Waals surface area contributed by atoms with Crippen molar-refractivity contribution in [2.75, 3.05) is 0 Å². The normalized spacial score (nSPS) is 11.6. The fourth-order valence-corrected chi connectivity index (χ4v) is 5.20. The second-order valence-electron chi connectivity index (χ2n) is 10.2. The molecular formula is C32H29N5O2. The summed E-state index contributed by atoms with van der Waals surface area (Å²) in [5.41, 5.74) is 4.39. The van der Waals surface area contributed by atoms with Gasteiger partial charge < -0.3 is 0 Å². The molecule has 39 heavy (non-hydrogen) atoms. The predicted octanol–water partition coefficient (Wildman–Crippen LogP) is 5.33. The van der Waals surface area contributed by atoms with Crippen LogP contribution in [0.25, 0.3) is 33.1 Å². The van der Waals surface area contributed by atoms with Gasteiger partial charge >= 0.3 is 5.69 Å². The van der Waals surface area contributed by atoms with Crippen LogP contribution in [0.3, 0.4) is 0 Å². The van der Waals surface area contributed by atoms with Crippen molar-refractivity contribution in [3.63, 3.8) is 0 Å². The third kappa shape index (κ3) is 4.36. The van der Waals surface area contributed by atoms with E-state index in [1.54, 1.807) is 17.0 Å². The lowest BCUT2D eigenvalue weighted by Gasteiger charge is -2.11. The maximum Gasteiger partial charge on any atom is 0.332 e. The highest BCUT2D eigenvalue weighted by Crippen LogP contribution is 2.28. The van der Waals surface area contributed by atoms with Crippen LogP contribution in [-0.4, -0.2) is 23.9 Å². The topological polar surface area (TPSA) is 74.7 Å². The van der Waals surface area contributed by atoms with E-state index in [1.165, 1.54) is 17.2 Å². The minimum absolute atomic E-state index is 0.308. The summed E-state index contributed by atoms with van der Waals surface area (Å²) in [7, 11) is 1.53. The van der Waals surface area contributed by atoms with Crippen LogP contribution in [0, 0.1) is 0 Å². The van der Waals surface area contributed by atoms with Crippen molar-refractivity contribution in [3.05, 3.63) is 129 Å². The third-order valence-electron chi connectivity index (χ3n) is 7.37. The predicted molar refractivity (Wildman–Crippen MR) is 155 cm³/mol. The summed E-state index contributed by atoms with van der Waals surface area (Å²) in [6.07, 6.45) is 3.40. The quantitative estimate of drug-likeness (QED) is 0.300. The van der Waals surface area contributed by atoms with E-state index in [2.05, 4.69) is 55.2 Å². The number of benzene rings is 3. The van der Waals surface area contributed by atoms with Gasteiger partial charge in [0.05, 0.1) is 18.8 Å². The van der Waals surface area contributed by atoms with Gasteiger partial charge in [-0.1, -0.05) is 80.6 Å². The van der Waals surface area contributed by atoms with Crippen molar-refractivity contribution < 1.29 is 0 Å². The zero-order valence-electron chi connectivity index (χ0n) is 22.2. The second-order valence-corrected chi connectivity index (χ2v) is 10.2. The van der Waals surface area contributed by atoms with E-state index in [4.69, 9.17) is 5.10 Å². The number of aromatic nitrogens is 5. The first-order chi connectivity index (χ1) is 18.9. The van der Waals surface area contributed by atoms with Crippen LogP contribution in [0.5, 0.6) is 0 Å². The number of hydrogen-bond acceptors (Lipinski definition) is 4. The molecule has 0 atom stereocenters. The molecule has 7 heteroatoms. The molecule has 0 amide bonds. The summed E-state index contributed by atoms with van der Waals surface area (Å²) in [6, 6.07) is 26.4. The zero-order chi connectivity index (χ0) is 27.1. The van der Waals surface area contributed by atoms with Crippen molar-refractivity contribution in [2.24, 2.45) is 7.05 Å². The summed E-state index contributed by atoms with van der Waals surface area (Å²) in [5, 5.41) is 7.62. The maximum atomic E-state index is 13.6. The van der Waals surface area contributed by atoms with Crippen LogP contribution >= 0.6 is 0 Å². The molecule has 0 unspecified atom stereocenters. The van der Waals surface area contributed by atoms with Crippen LogP contribution in [0.4, 0.5) is 0 Å². The number of nitrogens with zero attached hydrogens (tertiary/aromatic N) is 5. The van der Waals surface area contributed by atoms with Crippen molar-refractivity contribution in [2.45, 2.75) is 32.9 Å². The van der Waals surface area contributed by atoms with Crippen LogP contribution in [0.15, 0.2) is 101 Å². The molecule has 0 radical (unpaired) electrons. The molecule has 0 fully saturated rings. The number of rotatable bonds is 6. The van der Waals surface area contributed by atoms with Crippen LogP contribution in [-0.2, 0) is 20.1 Å². The molecule has 3 heterocycles. The van der Waals surface area contributed by atoms with E-state index in [0.717, 1.165) is 27.5 Å². The Morgan fingerprint density at radius 2 is 1.54 bits per heavy atom. The number of pyridine rings is 1. The molecule has 0 aliphatic rings. The third-order valence-corrected chi connectivity index (χ3v) is 7.37. The molecule has 194 valence electrons. The van der Waals surface area contributed by atoms with E-state index in [9.17, 15) is 9.59 Å². The summed E-state index contributed by atoms with van der Waals surface area (Å²) >= 11 is 0. The summed E-state index contributed by atoms with van der Waals surface area (Å²) < 4.78 is 4.63. The van der Waals surface area contributed by atoms with E-state index in [-0.39, 0.29) is 5.56 Å². The first-order valence-corrected chi connectivity index (χ1v) is 13.1. The lowest BCUT2D eigenvalue weighted by atomic mass is 10.0. The Balaban J connectivity index is 1.59. The smallest absolute Gasteiger partial charge is 0.271 e. The molecule has 7 nitrogen and oxygen atoms in total. The SMILES string of the molecule is CC(C)c1ccc(Cn2c(=O)n(C)c(=O)c3c(-c4ccncc4)n(Cc4cccc5ccccc45)nc32)cc1. The van der Waals surface area contributed by atoms with Gasteiger partial charge in [0.15, 0.2) is 5.65 Å². The molecule has 0 saturated carbocycles. The van der Waals surface area contributed by atoms with E-state index < -0.39 is 5.69 Å². The maximum absolute atomic E-state index is 13.6. The highest BCUT2D eigenvalue weighted by atomic mass is 16.2. The van der Waals surface area contributed by atoms with Crippen molar-refractivity contribution in [1.82, 2.24) is 23.9 Å². The Bertz CT molecular complexity index is 1930. The van der Waals surface area contributed by atoms with Crippen molar-refractivity contribution >= 4 is 21.8 Å². The average Bonchev–Trinajstić information content (AvgIpc) is 3.34. The summed E-state index contributed by atoms with van der Waals surface area (Å²) in [4.78, 5) is 31.2. The fraction of sp³-hybridized carbons (Fsp3) is 0.188. The molecule has 6 aromatic rings. The van der Waals surface area contributed by atoms with Crippen LogP contribution in [0.1, 0.15) is 36.5 Å². The highest BCUT2D eigenvalue weighted by Gasteiger charge is 2.23. The molecular weight excluding hydrogens is 486 g/mol. The molecule has 3 aromatic carbocycles. The minimum Gasteiger partial charge on any atom is -0.271 e. The first-order valence-electron chi connectivity index (χ1n) is 13.1. The van der Waals surface area contributed by atoms with Gasteiger partial charge in [0.1, 0.15) is 5.39 Å². The summed E-state index contributed by atoms with van der Waals surface area (Å²) in [5.74, 6) is 0.415. The van der Waals surface area contributed by atoms with Gasteiger partial charge in [-0.2, -0.15) is 5.10 Å². The van der Waals surface area contributed by atoms with Gasteiger partial charge in [-0.25, -0.2) is 4.79 Å². The lowest BCUT2D eigenvalue weighted by Crippen LogP contribution is -2.38. The molecule has 0 spiro atoms. The van der Waals surface area contributed by atoms with Gasteiger partial charge in [0, 0.05) is 25.0 Å².